The highest BCUT2D eigenvalue weighted by Gasteiger charge is 2.34. The van der Waals surface area contributed by atoms with Crippen molar-refractivity contribution in [1.29, 1.82) is 0 Å². The van der Waals surface area contributed by atoms with E-state index in [2.05, 4.69) is 19.2 Å². The molecule has 12 heavy (non-hydrogen) atoms. The van der Waals surface area contributed by atoms with Crippen LogP contribution in [0.1, 0.15) is 33.1 Å². The molecule has 0 atom stereocenters. The minimum Gasteiger partial charge on any atom is -0.381 e. The van der Waals surface area contributed by atoms with Crippen molar-refractivity contribution in [3.05, 3.63) is 0 Å². The summed E-state index contributed by atoms with van der Waals surface area (Å²) in [4.78, 5) is 0. The monoisotopic (exact) mass is 171 g/mol. The average Bonchev–Trinajstić information content (AvgIpc) is 2.02. The maximum atomic E-state index is 5.49. The predicted octanol–water partition coefficient (Wildman–Crippen LogP) is 1.80. The Hall–Kier alpha value is -0.0800. The van der Waals surface area contributed by atoms with E-state index in [1.807, 2.05) is 0 Å². The first kappa shape index (κ1) is 10.0. The van der Waals surface area contributed by atoms with Crippen LogP contribution in [0.2, 0.25) is 0 Å². The molecule has 1 rings (SSSR count). The van der Waals surface area contributed by atoms with Crippen LogP contribution in [0.25, 0.3) is 0 Å². The molecule has 1 aliphatic rings. The molecule has 2 nitrogen and oxygen atoms in total. The molecule has 1 N–H and O–H groups in total. The molecule has 2 heteroatoms. The Balaban J connectivity index is 2.04. The molecule has 0 bridgehead atoms. The summed E-state index contributed by atoms with van der Waals surface area (Å²) in [6.07, 6.45) is 3.66. The van der Waals surface area contributed by atoms with Crippen LogP contribution < -0.4 is 5.32 Å². The van der Waals surface area contributed by atoms with Crippen LogP contribution in [-0.2, 0) is 4.74 Å². The fourth-order valence-corrected chi connectivity index (χ4v) is 1.62. The van der Waals surface area contributed by atoms with Gasteiger partial charge in [-0.3, -0.25) is 0 Å². The second-order valence-corrected chi connectivity index (χ2v) is 3.82. The number of ether oxygens (including phenoxy) is 1. The topological polar surface area (TPSA) is 21.3 Å². The van der Waals surface area contributed by atoms with Gasteiger partial charge in [0.25, 0.3) is 0 Å². The minimum atomic E-state index is 0.577. The molecule has 1 fully saturated rings. The molecule has 72 valence electrons. The molecule has 0 aromatic carbocycles. The quantitative estimate of drug-likeness (QED) is 0.615. The van der Waals surface area contributed by atoms with Gasteiger partial charge in [-0.15, -0.1) is 0 Å². The highest BCUT2D eigenvalue weighted by molar-refractivity contribution is 4.90. The summed E-state index contributed by atoms with van der Waals surface area (Å²) >= 11 is 0. The van der Waals surface area contributed by atoms with E-state index in [4.69, 9.17) is 4.74 Å². The Labute approximate surface area is 75.7 Å². The largest absolute Gasteiger partial charge is 0.381 e. The normalized spacial score (nSPS) is 20.5. The predicted molar refractivity (Wildman–Crippen MR) is 51.3 cm³/mol. The smallest absolute Gasteiger partial charge is 0.0472 e. The third-order valence-electron chi connectivity index (χ3n) is 2.88. The summed E-state index contributed by atoms with van der Waals surface area (Å²) in [6, 6.07) is 0. The molecule has 0 aromatic heterocycles. The van der Waals surface area contributed by atoms with E-state index in [9.17, 15) is 0 Å². The maximum Gasteiger partial charge on any atom is 0.0472 e. The van der Waals surface area contributed by atoms with Crippen LogP contribution in [0.3, 0.4) is 0 Å². The summed E-state index contributed by atoms with van der Waals surface area (Å²) in [5.41, 5.74) is 0.577. The van der Waals surface area contributed by atoms with Crippen molar-refractivity contribution in [2.45, 2.75) is 33.1 Å². The second kappa shape index (κ2) is 4.83. The number of hydrogen-bond donors (Lipinski definition) is 1. The molecule has 1 saturated heterocycles. The van der Waals surface area contributed by atoms with Gasteiger partial charge in [0.1, 0.15) is 0 Å². The lowest BCUT2D eigenvalue weighted by Crippen LogP contribution is -2.53. The van der Waals surface area contributed by atoms with Crippen molar-refractivity contribution in [3.63, 3.8) is 0 Å². The second-order valence-electron chi connectivity index (χ2n) is 3.82. The lowest BCUT2D eigenvalue weighted by Gasteiger charge is -2.42. The minimum absolute atomic E-state index is 0.577. The standard InChI is InChI=1S/C10H21NO/c1-3-6-12-7-5-10(4-2)8-11-9-10/h11H,3-9H2,1-2H3. The van der Waals surface area contributed by atoms with E-state index < -0.39 is 0 Å². The zero-order valence-electron chi connectivity index (χ0n) is 8.36. The Morgan fingerprint density at radius 1 is 1.25 bits per heavy atom. The number of nitrogens with one attached hydrogen (secondary N) is 1. The highest BCUT2D eigenvalue weighted by Crippen LogP contribution is 2.30. The SMILES string of the molecule is CCCOCCC1(CC)CNC1. The third kappa shape index (κ3) is 2.46. The van der Waals surface area contributed by atoms with Crippen molar-refractivity contribution >= 4 is 0 Å². The summed E-state index contributed by atoms with van der Waals surface area (Å²) in [6.45, 7) is 8.69. The molecule has 1 aliphatic heterocycles. The van der Waals surface area contributed by atoms with Crippen LogP contribution in [0, 0.1) is 5.41 Å². The molecular weight excluding hydrogens is 150 g/mol. The fraction of sp³-hybridized carbons (Fsp3) is 1.00. The molecule has 1 heterocycles. The van der Waals surface area contributed by atoms with Crippen molar-refractivity contribution in [2.75, 3.05) is 26.3 Å². The van der Waals surface area contributed by atoms with Gasteiger partial charge in [-0.25, -0.2) is 0 Å². The first-order valence-corrected chi connectivity index (χ1v) is 5.11. The van der Waals surface area contributed by atoms with E-state index in [1.54, 1.807) is 0 Å². The molecule has 0 amide bonds. The van der Waals surface area contributed by atoms with Crippen molar-refractivity contribution < 1.29 is 4.74 Å². The average molecular weight is 171 g/mol. The molecular formula is C10H21NO. The Morgan fingerprint density at radius 3 is 2.42 bits per heavy atom. The van der Waals surface area contributed by atoms with Gasteiger partial charge < -0.3 is 10.1 Å². The van der Waals surface area contributed by atoms with Gasteiger partial charge in [-0.2, -0.15) is 0 Å². The van der Waals surface area contributed by atoms with E-state index in [0.29, 0.717) is 5.41 Å². The molecule has 0 radical (unpaired) electrons. The van der Waals surface area contributed by atoms with Gasteiger partial charge in [0.15, 0.2) is 0 Å². The molecule has 0 unspecified atom stereocenters. The Morgan fingerprint density at radius 2 is 2.00 bits per heavy atom. The van der Waals surface area contributed by atoms with Gasteiger partial charge in [0.2, 0.25) is 0 Å². The molecule has 0 aromatic rings. The van der Waals surface area contributed by atoms with Gasteiger partial charge in [0.05, 0.1) is 0 Å². The first-order valence-electron chi connectivity index (χ1n) is 5.11. The van der Waals surface area contributed by atoms with Crippen LogP contribution >= 0.6 is 0 Å². The van der Waals surface area contributed by atoms with Crippen molar-refractivity contribution in [3.8, 4) is 0 Å². The van der Waals surface area contributed by atoms with Gasteiger partial charge >= 0.3 is 0 Å². The summed E-state index contributed by atoms with van der Waals surface area (Å²) in [5.74, 6) is 0. The van der Waals surface area contributed by atoms with E-state index in [1.165, 1.54) is 25.9 Å². The van der Waals surface area contributed by atoms with E-state index in [0.717, 1.165) is 19.6 Å². The summed E-state index contributed by atoms with van der Waals surface area (Å²) in [5, 5.41) is 3.34. The zero-order chi connectivity index (χ0) is 8.86. The Bertz CT molecular complexity index is 115. The number of rotatable bonds is 6. The van der Waals surface area contributed by atoms with Crippen molar-refractivity contribution in [2.24, 2.45) is 5.41 Å². The van der Waals surface area contributed by atoms with E-state index >= 15 is 0 Å². The third-order valence-corrected chi connectivity index (χ3v) is 2.88. The molecule has 0 saturated carbocycles. The summed E-state index contributed by atoms with van der Waals surface area (Å²) in [7, 11) is 0. The van der Waals surface area contributed by atoms with Gasteiger partial charge in [-0.05, 0) is 24.7 Å². The Kier molecular flexibility index (Phi) is 4.02. The molecule has 0 spiro atoms. The van der Waals surface area contributed by atoms with Crippen molar-refractivity contribution in [1.82, 2.24) is 5.32 Å². The lowest BCUT2D eigenvalue weighted by molar-refractivity contribution is 0.0631. The molecule has 0 aliphatic carbocycles. The number of hydrogen-bond acceptors (Lipinski definition) is 2. The highest BCUT2D eigenvalue weighted by atomic mass is 16.5. The van der Waals surface area contributed by atoms with Crippen LogP contribution in [0.15, 0.2) is 0 Å². The van der Waals surface area contributed by atoms with Gasteiger partial charge in [-0.1, -0.05) is 13.8 Å². The summed E-state index contributed by atoms with van der Waals surface area (Å²) < 4.78 is 5.49. The lowest BCUT2D eigenvalue weighted by atomic mass is 9.76. The first-order chi connectivity index (χ1) is 5.83. The van der Waals surface area contributed by atoms with Crippen LogP contribution in [0.4, 0.5) is 0 Å². The fourth-order valence-electron chi connectivity index (χ4n) is 1.62. The van der Waals surface area contributed by atoms with E-state index in [-0.39, 0.29) is 0 Å². The van der Waals surface area contributed by atoms with Crippen LogP contribution in [0.5, 0.6) is 0 Å². The zero-order valence-corrected chi connectivity index (χ0v) is 8.36. The van der Waals surface area contributed by atoms with Crippen LogP contribution in [-0.4, -0.2) is 26.3 Å². The van der Waals surface area contributed by atoms with Gasteiger partial charge in [0, 0.05) is 26.3 Å². The maximum absolute atomic E-state index is 5.49.